The van der Waals surface area contributed by atoms with E-state index in [1.807, 2.05) is 6.92 Å². The van der Waals surface area contributed by atoms with Crippen LogP contribution in [0.2, 0.25) is 0 Å². The van der Waals surface area contributed by atoms with Gasteiger partial charge in [-0.15, -0.1) is 0 Å². The van der Waals surface area contributed by atoms with Crippen LogP contribution in [0.4, 0.5) is 0 Å². The maximum absolute atomic E-state index is 14.3. The number of nitrogens with one attached hydrogen (secondary N) is 4. The third-order valence-corrected chi connectivity index (χ3v) is 9.04. The molecule has 3 aliphatic rings. The van der Waals surface area contributed by atoms with Gasteiger partial charge in [0.1, 0.15) is 23.8 Å². The highest BCUT2D eigenvalue weighted by Gasteiger charge is 2.52. The summed E-state index contributed by atoms with van der Waals surface area (Å²) in [5.74, 6) is -3.95. The summed E-state index contributed by atoms with van der Waals surface area (Å²) in [6.07, 6.45) is 7.58. The fraction of sp³-hybridized carbons (Fsp3) is 0.688. The van der Waals surface area contributed by atoms with Gasteiger partial charge in [-0.25, -0.2) is 4.98 Å². The van der Waals surface area contributed by atoms with Gasteiger partial charge in [-0.05, 0) is 56.3 Å². The van der Waals surface area contributed by atoms with E-state index in [9.17, 15) is 33.9 Å². The molecule has 1 aromatic rings. The van der Waals surface area contributed by atoms with Crippen LogP contribution in [0.3, 0.4) is 0 Å². The minimum Gasteiger partial charge on any atom is -0.391 e. The minimum atomic E-state index is -1.41. The number of aromatic nitrogens is 2. The summed E-state index contributed by atoms with van der Waals surface area (Å²) in [4.78, 5) is 89.3. The second-order valence-corrected chi connectivity index (χ2v) is 13.8. The van der Waals surface area contributed by atoms with Crippen molar-refractivity contribution < 1.29 is 33.9 Å². The quantitative estimate of drug-likeness (QED) is 0.187. The van der Waals surface area contributed by atoms with Crippen molar-refractivity contribution in [3.63, 3.8) is 0 Å². The molecule has 0 bridgehead atoms. The van der Waals surface area contributed by atoms with Gasteiger partial charge in [0.2, 0.25) is 23.5 Å². The molecule has 252 valence electrons. The molecule has 2 saturated carbocycles. The zero-order valence-corrected chi connectivity index (χ0v) is 27.2. The SMILES string of the molecule is CCC[C@H](NC(=O)[C@@H]1[C@H]2CCC[C@H]2CN1C(=O)[C@@H](NC(=O)[C@@H](NC(=O)c1cnccn1)C(C)O)C(C)(C)C)C(=O)C(=O)NC1CC1. The molecular formula is C32H47N7O7. The van der Waals surface area contributed by atoms with Crippen LogP contribution in [0.5, 0.6) is 0 Å². The van der Waals surface area contributed by atoms with E-state index in [4.69, 9.17) is 0 Å². The van der Waals surface area contributed by atoms with Gasteiger partial charge >= 0.3 is 0 Å². The van der Waals surface area contributed by atoms with Crippen molar-refractivity contribution in [2.24, 2.45) is 17.3 Å². The monoisotopic (exact) mass is 641 g/mol. The van der Waals surface area contributed by atoms with E-state index in [2.05, 4.69) is 31.2 Å². The summed E-state index contributed by atoms with van der Waals surface area (Å²) in [6, 6.07) is -4.44. The Morgan fingerprint density at radius 2 is 1.74 bits per heavy atom. The smallest absolute Gasteiger partial charge is 0.289 e. The highest BCUT2D eigenvalue weighted by atomic mass is 16.3. The second-order valence-electron chi connectivity index (χ2n) is 13.8. The van der Waals surface area contributed by atoms with Gasteiger partial charge < -0.3 is 31.3 Å². The molecule has 14 heteroatoms. The number of likely N-dealkylation sites (tertiary alicyclic amines) is 1. The Bertz CT molecular complexity index is 1310. The van der Waals surface area contributed by atoms with Crippen molar-refractivity contribution in [3.05, 3.63) is 24.3 Å². The highest BCUT2D eigenvalue weighted by molar-refractivity contribution is 6.38. The van der Waals surface area contributed by atoms with Gasteiger partial charge in [0.25, 0.3) is 11.8 Å². The molecule has 2 aliphatic carbocycles. The van der Waals surface area contributed by atoms with E-state index in [1.54, 1.807) is 20.8 Å². The van der Waals surface area contributed by atoms with Crippen LogP contribution in [-0.2, 0) is 24.0 Å². The zero-order chi connectivity index (χ0) is 33.8. The van der Waals surface area contributed by atoms with Crippen LogP contribution >= 0.6 is 0 Å². The van der Waals surface area contributed by atoms with E-state index in [1.165, 1.54) is 30.4 Å². The van der Waals surface area contributed by atoms with Crippen molar-refractivity contribution >= 4 is 35.3 Å². The minimum absolute atomic E-state index is 0.00471. The Balaban J connectivity index is 1.53. The number of aliphatic hydroxyl groups excluding tert-OH is 1. The summed E-state index contributed by atoms with van der Waals surface area (Å²) in [5, 5.41) is 21.1. The lowest BCUT2D eigenvalue weighted by Gasteiger charge is -2.37. The third-order valence-electron chi connectivity index (χ3n) is 9.04. The van der Waals surface area contributed by atoms with Crippen molar-refractivity contribution in [1.82, 2.24) is 36.1 Å². The van der Waals surface area contributed by atoms with Crippen molar-refractivity contribution in [2.45, 2.75) is 116 Å². The van der Waals surface area contributed by atoms with Crippen molar-refractivity contribution in [1.29, 1.82) is 0 Å². The zero-order valence-electron chi connectivity index (χ0n) is 27.2. The number of rotatable bonds is 13. The van der Waals surface area contributed by atoms with Crippen LogP contribution < -0.4 is 21.3 Å². The maximum Gasteiger partial charge on any atom is 0.289 e. The Hall–Kier alpha value is -3.94. The number of hydrogen-bond donors (Lipinski definition) is 5. The predicted molar refractivity (Wildman–Crippen MR) is 166 cm³/mol. The Morgan fingerprint density at radius 1 is 1.02 bits per heavy atom. The molecular weight excluding hydrogens is 594 g/mol. The number of Topliss-reactive ketones (excluding diaryl/α,β-unsaturated/α-hetero) is 1. The second kappa shape index (κ2) is 14.7. The van der Waals surface area contributed by atoms with Gasteiger partial charge in [-0.1, -0.05) is 40.5 Å². The van der Waals surface area contributed by atoms with Crippen molar-refractivity contribution in [2.75, 3.05) is 6.54 Å². The number of carbonyl (C=O) groups is 6. The third kappa shape index (κ3) is 8.25. The van der Waals surface area contributed by atoms with Crippen LogP contribution in [0.25, 0.3) is 0 Å². The average molecular weight is 642 g/mol. The standard InChI is InChI=1S/C32H47N7O7/c1-6-8-21(25(41)30(45)35-19-11-12-19)36-29(44)24-20-10-7-9-18(20)16-39(24)31(46)26(32(3,4)5)38-28(43)23(17(2)40)37-27(42)22-15-33-13-14-34-22/h13-15,17-21,23-24,26,40H,6-12,16H2,1-5H3,(H,35,45)(H,36,44)(H,37,42)(H,38,43)/t17?,18-,20-,21-,23-,24-,26+/m0/s1. The molecule has 1 aromatic heterocycles. The average Bonchev–Trinajstić information content (AvgIpc) is 3.57. The molecule has 1 aliphatic heterocycles. The Kier molecular flexibility index (Phi) is 11.1. The van der Waals surface area contributed by atoms with E-state index >= 15 is 0 Å². The first kappa shape index (κ1) is 34.9. The number of amides is 5. The molecule has 14 nitrogen and oxygen atoms in total. The molecule has 4 rings (SSSR count). The van der Waals surface area contributed by atoms with E-state index < -0.39 is 71.0 Å². The molecule has 7 atom stereocenters. The first-order valence-corrected chi connectivity index (χ1v) is 16.2. The molecule has 5 N–H and O–H groups in total. The Labute approximate surface area is 269 Å². The number of fused-ring (bicyclic) bond motifs is 1. The first-order chi connectivity index (χ1) is 21.7. The fourth-order valence-electron chi connectivity index (χ4n) is 6.41. The number of aliphatic hydroxyl groups is 1. The van der Waals surface area contributed by atoms with Crippen LogP contribution in [0.1, 0.15) is 90.1 Å². The summed E-state index contributed by atoms with van der Waals surface area (Å²) in [5.41, 5.74) is -0.877. The lowest BCUT2D eigenvalue weighted by molar-refractivity contribution is -0.146. The number of ketones is 1. The largest absolute Gasteiger partial charge is 0.391 e. The fourth-order valence-corrected chi connectivity index (χ4v) is 6.41. The predicted octanol–water partition coefficient (Wildman–Crippen LogP) is 0.246. The van der Waals surface area contributed by atoms with Gasteiger partial charge in [-0.2, -0.15) is 0 Å². The van der Waals surface area contributed by atoms with E-state index in [-0.39, 0.29) is 30.0 Å². The number of nitrogens with zero attached hydrogens (tertiary/aromatic N) is 3. The van der Waals surface area contributed by atoms with Crippen molar-refractivity contribution in [3.8, 4) is 0 Å². The van der Waals surface area contributed by atoms with Crippen LogP contribution in [-0.4, -0.2) is 98.2 Å². The molecule has 0 spiro atoms. The molecule has 0 aromatic carbocycles. The molecule has 1 unspecified atom stereocenters. The molecule has 5 amide bonds. The van der Waals surface area contributed by atoms with Gasteiger partial charge in [0.15, 0.2) is 0 Å². The summed E-state index contributed by atoms with van der Waals surface area (Å²) in [6.45, 7) is 8.82. The maximum atomic E-state index is 14.3. The molecule has 3 fully saturated rings. The lowest BCUT2D eigenvalue weighted by Crippen LogP contribution is -2.62. The lowest BCUT2D eigenvalue weighted by atomic mass is 9.85. The van der Waals surface area contributed by atoms with Gasteiger partial charge in [0.05, 0.1) is 18.3 Å². The normalized spacial score (nSPS) is 23.3. The molecule has 46 heavy (non-hydrogen) atoms. The molecule has 0 radical (unpaired) electrons. The summed E-state index contributed by atoms with van der Waals surface area (Å²) in [7, 11) is 0. The van der Waals surface area contributed by atoms with Crippen LogP contribution in [0, 0.1) is 17.3 Å². The summed E-state index contributed by atoms with van der Waals surface area (Å²) < 4.78 is 0. The number of carbonyl (C=O) groups excluding carboxylic acids is 6. The van der Waals surface area contributed by atoms with E-state index in [0.29, 0.717) is 13.0 Å². The number of hydrogen-bond acceptors (Lipinski definition) is 9. The van der Waals surface area contributed by atoms with Gasteiger partial charge in [-0.3, -0.25) is 33.8 Å². The van der Waals surface area contributed by atoms with Crippen LogP contribution in [0.15, 0.2) is 18.6 Å². The van der Waals surface area contributed by atoms with E-state index in [0.717, 1.165) is 32.1 Å². The first-order valence-electron chi connectivity index (χ1n) is 16.2. The molecule has 2 heterocycles. The topological polar surface area (TPSA) is 200 Å². The highest BCUT2D eigenvalue weighted by Crippen LogP contribution is 2.43. The summed E-state index contributed by atoms with van der Waals surface area (Å²) >= 11 is 0. The molecule has 1 saturated heterocycles. The van der Waals surface area contributed by atoms with Gasteiger partial charge in [0, 0.05) is 25.0 Å². The Morgan fingerprint density at radius 3 is 2.33 bits per heavy atom.